The highest BCUT2D eigenvalue weighted by atomic mass is 79.9. The summed E-state index contributed by atoms with van der Waals surface area (Å²) in [4.78, 5) is 0. The molecule has 0 bridgehead atoms. The third-order valence-corrected chi connectivity index (χ3v) is 5.57. The van der Waals surface area contributed by atoms with Crippen LogP contribution < -0.4 is 5.32 Å². The van der Waals surface area contributed by atoms with Crippen LogP contribution in [0.2, 0.25) is 0 Å². The van der Waals surface area contributed by atoms with Gasteiger partial charge in [0.1, 0.15) is 0 Å². The van der Waals surface area contributed by atoms with E-state index < -0.39 is 0 Å². The van der Waals surface area contributed by atoms with Crippen molar-refractivity contribution < 1.29 is 0 Å². The zero-order valence-electron chi connectivity index (χ0n) is 10.5. The third-order valence-electron chi connectivity index (χ3n) is 2.97. The number of hydrogen-bond acceptors (Lipinski definition) is 1. The van der Waals surface area contributed by atoms with Crippen molar-refractivity contribution in [2.45, 2.75) is 19.5 Å². The summed E-state index contributed by atoms with van der Waals surface area (Å²) < 4.78 is 3.31. The van der Waals surface area contributed by atoms with Gasteiger partial charge >= 0.3 is 0 Å². The first-order valence-electron chi connectivity index (χ1n) is 5.99. The maximum atomic E-state index is 3.59. The molecular weight excluding hydrogens is 434 g/mol. The minimum absolute atomic E-state index is 0.304. The highest BCUT2D eigenvalue weighted by Gasteiger charge is 2.08. The Morgan fingerprint density at radius 2 is 1.68 bits per heavy atom. The van der Waals surface area contributed by atoms with E-state index in [2.05, 4.69) is 96.4 Å². The SMILES string of the molecule is C[C@H](NCc1ccc(Br)c(Br)c1)c1ccccc1Br. The van der Waals surface area contributed by atoms with Gasteiger partial charge in [-0.05, 0) is 68.1 Å². The molecule has 0 aliphatic rings. The Morgan fingerprint density at radius 1 is 0.947 bits per heavy atom. The lowest BCUT2D eigenvalue weighted by molar-refractivity contribution is 0.572. The summed E-state index contributed by atoms with van der Waals surface area (Å²) >= 11 is 10.6. The molecule has 0 unspecified atom stereocenters. The largest absolute Gasteiger partial charge is 0.306 e. The number of rotatable bonds is 4. The minimum atomic E-state index is 0.304. The number of nitrogens with one attached hydrogen (secondary N) is 1. The molecule has 0 spiro atoms. The van der Waals surface area contributed by atoms with Gasteiger partial charge in [0.2, 0.25) is 0 Å². The average molecular weight is 448 g/mol. The molecule has 0 saturated carbocycles. The van der Waals surface area contributed by atoms with E-state index in [1.165, 1.54) is 11.1 Å². The van der Waals surface area contributed by atoms with Crippen molar-refractivity contribution in [3.05, 3.63) is 67.0 Å². The fraction of sp³-hybridized carbons (Fsp3) is 0.200. The molecule has 2 rings (SSSR count). The Kier molecular flexibility index (Phi) is 5.63. The molecule has 0 aliphatic carbocycles. The second-order valence-corrected chi connectivity index (χ2v) is 6.94. The molecule has 0 amide bonds. The lowest BCUT2D eigenvalue weighted by atomic mass is 10.1. The summed E-state index contributed by atoms with van der Waals surface area (Å²) in [5.41, 5.74) is 2.53. The van der Waals surface area contributed by atoms with Crippen LogP contribution in [0.1, 0.15) is 24.1 Å². The zero-order valence-corrected chi connectivity index (χ0v) is 15.2. The minimum Gasteiger partial charge on any atom is -0.306 e. The van der Waals surface area contributed by atoms with E-state index in [-0.39, 0.29) is 0 Å². The number of hydrogen-bond donors (Lipinski definition) is 1. The molecule has 2 aromatic rings. The molecule has 4 heteroatoms. The Morgan fingerprint density at radius 3 is 2.37 bits per heavy atom. The first-order valence-corrected chi connectivity index (χ1v) is 8.37. The summed E-state index contributed by atoms with van der Waals surface area (Å²) in [6.45, 7) is 3.02. The van der Waals surface area contributed by atoms with Gasteiger partial charge in [-0.25, -0.2) is 0 Å². The van der Waals surface area contributed by atoms with Gasteiger partial charge in [0, 0.05) is 26.0 Å². The Balaban J connectivity index is 2.02. The first kappa shape index (κ1) is 15.2. The van der Waals surface area contributed by atoms with E-state index in [9.17, 15) is 0 Å². The molecule has 0 aromatic heterocycles. The van der Waals surface area contributed by atoms with E-state index >= 15 is 0 Å². The third kappa shape index (κ3) is 4.15. The number of benzene rings is 2. The standard InChI is InChI=1S/C15H14Br3N/c1-10(12-4-2-3-5-13(12)16)19-9-11-6-7-14(17)15(18)8-11/h2-8,10,19H,9H2,1H3/t10-/m0/s1. The smallest absolute Gasteiger partial charge is 0.0320 e. The monoisotopic (exact) mass is 445 g/mol. The second kappa shape index (κ2) is 7.02. The molecule has 1 atom stereocenters. The quantitative estimate of drug-likeness (QED) is 0.622. The van der Waals surface area contributed by atoms with Crippen molar-refractivity contribution in [2.75, 3.05) is 0 Å². The fourth-order valence-corrected chi connectivity index (χ4v) is 3.16. The summed E-state index contributed by atoms with van der Waals surface area (Å²) in [6, 6.07) is 14.9. The van der Waals surface area contributed by atoms with Gasteiger partial charge in [0.05, 0.1) is 0 Å². The Bertz CT molecular complexity index is 569. The molecule has 2 aromatic carbocycles. The van der Waals surface area contributed by atoms with Crippen molar-refractivity contribution in [3.63, 3.8) is 0 Å². The molecule has 1 N–H and O–H groups in total. The highest BCUT2D eigenvalue weighted by Crippen LogP contribution is 2.25. The van der Waals surface area contributed by atoms with Crippen LogP contribution in [0.4, 0.5) is 0 Å². The second-order valence-electron chi connectivity index (χ2n) is 4.37. The van der Waals surface area contributed by atoms with Crippen LogP contribution in [-0.2, 0) is 6.54 Å². The Labute approximate surface area is 139 Å². The predicted molar refractivity (Wildman–Crippen MR) is 91.2 cm³/mol. The molecule has 1 nitrogen and oxygen atoms in total. The summed E-state index contributed by atoms with van der Waals surface area (Å²) in [6.07, 6.45) is 0. The van der Waals surface area contributed by atoms with Crippen molar-refractivity contribution >= 4 is 47.8 Å². The molecule has 0 fully saturated rings. The van der Waals surface area contributed by atoms with Crippen molar-refractivity contribution in [2.24, 2.45) is 0 Å². The maximum absolute atomic E-state index is 3.59. The van der Waals surface area contributed by atoms with Crippen LogP contribution in [0.15, 0.2) is 55.9 Å². The van der Waals surface area contributed by atoms with Crippen molar-refractivity contribution in [3.8, 4) is 0 Å². The molecule has 0 aliphatic heterocycles. The van der Waals surface area contributed by atoms with Gasteiger partial charge in [-0.2, -0.15) is 0 Å². The highest BCUT2D eigenvalue weighted by molar-refractivity contribution is 9.13. The maximum Gasteiger partial charge on any atom is 0.0320 e. The molecule has 19 heavy (non-hydrogen) atoms. The summed E-state index contributed by atoms with van der Waals surface area (Å²) in [5.74, 6) is 0. The van der Waals surface area contributed by atoms with Gasteiger partial charge < -0.3 is 5.32 Å². The van der Waals surface area contributed by atoms with Gasteiger partial charge in [-0.3, -0.25) is 0 Å². The fourth-order valence-electron chi connectivity index (χ4n) is 1.86. The summed E-state index contributed by atoms with van der Waals surface area (Å²) in [7, 11) is 0. The first-order chi connectivity index (χ1) is 9.08. The molecular formula is C15H14Br3N. The molecule has 100 valence electrons. The van der Waals surface area contributed by atoms with Crippen LogP contribution in [0.5, 0.6) is 0 Å². The van der Waals surface area contributed by atoms with Crippen molar-refractivity contribution in [1.82, 2.24) is 5.32 Å². The molecule has 0 radical (unpaired) electrons. The molecule has 0 saturated heterocycles. The van der Waals surface area contributed by atoms with Crippen LogP contribution in [0.3, 0.4) is 0 Å². The van der Waals surface area contributed by atoms with E-state index in [0.717, 1.165) is 20.0 Å². The lowest BCUT2D eigenvalue weighted by Crippen LogP contribution is -2.18. The number of halogens is 3. The van der Waals surface area contributed by atoms with E-state index in [1.54, 1.807) is 0 Å². The molecule has 0 heterocycles. The topological polar surface area (TPSA) is 12.0 Å². The van der Waals surface area contributed by atoms with Gasteiger partial charge in [0.25, 0.3) is 0 Å². The van der Waals surface area contributed by atoms with Crippen LogP contribution in [0, 0.1) is 0 Å². The zero-order chi connectivity index (χ0) is 13.8. The van der Waals surface area contributed by atoms with Crippen LogP contribution in [0.25, 0.3) is 0 Å². The van der Waals surface area contributed by atoms with Gasteiger partial charge in [0.15, 0.2) is 0 Å². The van der Waals surface area contributed by atoms with Gasteiger partial charge in [-0.1, -0.05) is 40.2 Å². The Hall–Kier alpha value is -0.160. The lowest BCUT2D eigenvalue weighted by Gasteiger charge is -2.16. The van der Waals surface area contributed by atoms with Crippen LogP contribution in [-0.4, -0.2) is 0 Å². The summed E-state index contributed by atoms with van der Waals surface area (Å²) in [5, 5.41) is 3.54. The van der Waals surface area contributed by atoms with E-state index in [1.807, 2.05) is 6.07 Å². The average Bonchev–Trinajstić information content (AvgIpc) is 2.40. The predicted octanol–water partition coefficient (Wildman–Crippen LogP) is 5.82. The normalized spacial score (nSPS) is 12.4. The van der Waals surface area contributed by atoms with E-state index in [4.69, 9.17) is 0 Å². The van der Waals surface area contributed by atoms with Gasteiger partial charge in [-0.15, -0.1) is 0 Å². The van der Waals surface area contributed by atoms with E-state index in [0.29, 0.717) is 6.04 Å². The van der Waals surface area contributed by atoms with Crippen molar-refractivity contribution in [1.29, 1.82) is 0 Å². The van der Waals surface area contributed by atoms with Crippen LogP contribution >= 0.6 is 47.8 Å².